The van der Waals surface area contributed by atoms with Crippen molar-refractivity contribution in [3.8, 4) is 0 Å². The molecule has 4 rings (SSSR count). The molecular weight excluding hydrogens is 354 g/mol. The zero-order valence-electron chi connectivity index (χ0n) is 14.8. The topological polar surface area (TPSA) is 46.2 Å². The standard InChI is InChI=1S/C23H19NO2S/c25-20(11-6-9-16-7-2-1-3-8-16)17-13-14-19-22(15-17)27-21-12-5-4-10-18(21)23(26)24-19/h1-5,7-8,10,12-15H,6,9,11H2,(H,24,26). The molecular formula is C23H19NO2S. The van der Waals surface area contributed by atoms with Crippen molar-refractivity contribution in [2.24, 2.45) is 0 Å². The van der Waals surface area contributed by atoms with Crippen molar-refractivity contribution in [2.75, 3.05) is 5.32 Å². The van der Waals surface area contributed by atoms with Crippen LogP contribution >= 0.6 is 11.8 Å². The fourth-order valence-corrected chi connectivity index (χ4v) is 4.25. The Hall–Kier alpha value is -2.85. The van der Waals surface area contributed by atoms with E-state index in [0.717, 1.165) is 28.3 Å². The number of hydrogen-bond acceptors (Lipinski definition) is 3. The van der Waals surface area contributed by atoms with Crippen molar-refractivity contribution >= 4 is 29.1 Å². The van der Waals surface area contributed by atoms with Gasteiger partial charge in [0.1, 0.15) is 0 Å². The molecule has 1 amide bonds. The van der Waals surface area contributed by atoms with Crippen molar-refractivity contribution in [1.82, 2.24) is 0 Å². The number of anilines is 1. The van der Waals surface area contributed by atoms with Crippen LogP contribution in [0.2, 0.25) is 0 Å². The molecule has 3 aromatic carbocycles. The molecule has 0 bridgehead atoms. The molecule has 1 aliphatic rings. The minimum atomic E-state index is -0.112. The summed E-state index contributed by atoms with van der Waals surface area (Å²) in [6.45, 7) is 0. The van der Waals surface area contributed by atoms with Gasteiger partial charge in [0.2, 0.25) is 0 Å². The van der Waals surface area contributed by atoms with Gasteiger partial charge in [-0.15, -0.1) is 0 Å². The first-order valence-electron chi connectivity index (χ1n) is 9.00. The zero-order valence-corrected chi connectivity index (χ0v) is 15.6. The van der Waals surface area contributed by atoms with E-state index in [4.69, 9.17) is 0 Å². The number of aryl methyl sites for hydroxylation is 1. The van der Waals surface area contributed by atoms with Crippen LogP contribution < -0.4 is 5.32 Å². The first-order chi connectivity index (χ1) is 13.2. The SMILES string of the molecule is O=C(CCCc1ccccc1)c1ccc2c(c1)Sc1ccccc1C(=O)N2. The molecule has 134 valence electrons. The third kappa shape index (κ3) is 3.96. The van der Waals surface area contributed by atoms with Crippen molar-refractivity contribution in [3.63, 3.8) is 0 Å². The number of hydrogen-bond donors (Lipinski definition) is 1. The number of Topliss-reactive ketones (excluding diaryl/α,β-unsaturated/α-hetero) is 1. The van der Waals surface area contributed by atoms with Gasteiger partial charge in [0, 0.05) is 21.8 Å². The highest BCUT2D eigenvalue weighted by Gasteiger charge is 2.20. The van der Waals surface area contributed by atoms with Crippen molar-refractivity contribution in [2.45, 2.75) is 29.1 Å². The Balaban J connectivity index is 1.49. The summed E-state index contributed by atoms with van der Waals surface area (Å²) in [5.41, 5.74) is 3.36. The lowest BCUT2D eigenvalue weighted by molar-refractivity contribution is 0.0979. The van der Waals surface area contributed by atoms with Crippen molar-refractivity contribution < 1.29 is 9.59 Å². The minimum Gasteiger partial charge on any atom is -0.321 e. The number of ketones is 1. The molecule has 1 aliphatic heterocycles. The maximum absolute atomic E-state index is 12.6. The molecule has 0 saturated heterocycles. The van der Waals surface area contributed by atoms with E-state index in [1.807, 2.05) is 54.6 Å². The molecule has 0 fully saturated rings. The van der Waals surface area contributed by atoms with Gasteiger partial charge < -0.3 is 5.32 Å². The third-order valence-corrected chi connectivity index (χ3v) is 5.75. The Morgan fingerprint density at radius 3 is 2.52 bits per heavy atom. The van der Waals surface area contributed by atoms with Gasteiger partial charge in [0.05, 0.1) is 11.3 Å². The average molecular weight is 373 g/mol. The van der Waals surface area contributed by atoms with Crippen LogP contribution in [-0.2, 0) is 6.42 Å². The highest BCUT2D eigenvalue weighted by molar-refractivity contribution is 7.99. The molecule has 0 unspecified atom stereocenters. The summed E-state index contributed by atoms with van der Waals surface area (Å²) < 4.78 is 0. The summed E-state index contributed by atoms with van der Waals surface area (Å²) in [5, 5.41) is 2.94. The first kappa shape index (κ1) is 17.6. The molecule has 4 heteroatoms. The number of benzene rings is 3. The second-order valence-corrected chi connectivity index (χ2v) is 7.61. The lowest BCUT2D eigenvalue weighted by Gasteiger charge is -2.08. The van der Waals surface area contributed by atoms with Crippen LogP contribution in [0, 0.1) is 0 Å². The Morgan fingerprint density at radius 1 is 0.889 bits per heavy atom. The number of nitrogens with one attached hydrogen (secondary N) is 1. The third-order valence-electron chi connectivity index (χ3n) is 4.62. The molecule has 1 heterocycles. The second kappa shape index (κ2) is 7.80. The zero-order chi connectivity index (χ0) is 18.6. The maximum Gasteiger partial charge on any atom is 0.256 e. The summed E-state index contributed by atoms with van der Waals surface area (Å²) >= 11 is 1.52. The van der Waals surface area contributed by atoms with E-state index in [1.54, 1.807) is 6.07 Å². The first-order valence-corrected chi connectivity index (χ1v) is 9.82. The molecule has 0 spiro atoms. The Kier molecular flexibility index (Phi) is 5.07. The lowest BCUT2D eigenvalue weighted by Crippen LogP contribution is -2.11. The summed E-state index contributed by atoms with van der Waals surface area (Å²) in [4.78, 5) is 26.8. The van der Waals surface area contributed by atoms with Gasteiger partial charge in [-0.05, 0) is 48.7 Å². The van der Waals surface area contributed by atoms with Crippen LogP contribution in [0.25, 0.3) is 0 Å². The molecule has 3 aromatic rings. The molecule has 0 aliphatic carbocycles. The van der Waals surface area contributed by atoms with Gasteiger partial charge in [0.15, 0.2) is 5.78 Å². The van der Waals surface area contributed by atoms with Crippen LogP contribution in [0.1, 0.15) is 39.1 Å². The maximum atomic E-state index is 12.6. The van der Waals surface area contributed by atoms with E-state index >= 15 is 0 Å². The summed E-state index contributed by atoms with van der Waals surface area (Å²) in [7, 11) is 0. The Labute approximate surface area is 162 Å². The second-order valence-electron chi connectivity index (χ2n) is 6.53. The average Bonchev–Trinajstić information content (AvgIpc) is 2.84. The van der Waals surface area contributed by atoms with Crippen molar-refractivity contribution in [1.29, 1.82) is 0 Å². The molecule has 27 heavy (non-hydrogen) atoms. The number of carbonyl (C=O) groups excluding carboxylic acids is 2. The predicted octanol–water partition coefficient (Wildman–Crippen LogP) is 5.61. The summed E-state index contributed by atoms with van der Waals surface area (Å²) in [6.07, 6.45) is 2.24. The van der Waals surface area contributed by atoms with E-state index in [-0.39, 0.29) is 11.7 Å². The fourth-order valence-electron chi connectivity index (χ4n) is 3.18. The number of rotatable bonds is 5. The highest BCUT2D eigenvalue weighted by Crippen LogP contribution is 2.39. The number of carbonyl (C=O) groups is 2. The van der Waals surface area contributed by atoms with Crippen molar-refractivity contribution in [3.05, 3.63) is 89.5 Å². The normalized spacial score (nSPS) is 12.5. The van der Waals surface area contributed by atoms with Crippen LogP contribution in [0.3, 0.4) is 0 Å². The molecule has 1 N–H and O–H groups in total. The van der Waals surface area contributed by atoms with E-state index in [2.05, 4.69) is 17.4 Å². The monoisotopic (exact) mass is 373 g/mol. The molecule has 0 radical (unpaired) electrons. The molecule has 0 atom stereocenters. The molecule has 0 aromatic heterocycles. The summed E-state index contributed by atoms with van der Waals surface area (Å²) in [6, 6.07) is 23.3. The predicted molar refractivity (Wildman–Crippen MR) is 109 cm³/mol. The van der Waals surface area contributed by atoms with Gasteiger partial charge in [-0.25, -0.2) is 0 Å². The Morgan fingerprint density at radius 2 is 1.67 bits per heavy atom. The van der Waals surface area contributed by atoms with Crippen LogP contribution in [0.4, 0.5) is 5.69 Å². The fraction of sp³-hybridized carbons (Fsp3) is 0.130. The van der Waals surface area contributed by atoms with Crippen LogP contribution in [0.15, 0.2) is 82.6 Å². The van der Waals surface area contributed by atoms with E-state index in [9.17, 15) is 9.59 Å². The van der Waals surface area contributed by atoms with E-state index < -0.39 is 0 Å². The highest BCUT2D eigenvalue weighted by atomic mass is 32.2. The largest absolute Gasteiger partial charge is 0.321 e. The number of fused-ring (bicyclic) bond motifs is 2. The van der Waals surface area contributed by atoms with E-state index in [0.29, 0.717) is 17.5 Å². The van der Waals surface area contributed by atoms with Crippen LogP contribution in [-0.4, -0.2) is 11.7 Å². The number of amides is 1. The van der Waals surface area contributed by atoms with Gasteiger partial charge in [0.25, 0.3) is 5.91 Å². The lowest BCUT2D eigenvalue weighted by atomic mass is 10.0. The van der Waals surface area contributed by atoms with Gasteiger partial charge in [-0.2, -0.15) is 0 Å². The van der Waals surface area contributed by atoms with Gasteiger partial charge >= 0.3 is 0 Å². The molecule has 0 saturated carbocycles. The van der Waals surface area contributed by atoms with Gasteiger partial charge in [-0.3, -0.25) is 9.59 Å². The van der Waals surface area contributed by atoms with Gasteiger partial charge in [-0.1, -0.05) is 54.2 Å². The minimum absolute atomic E-state index is 0.112. The van der Waals surface area contributed by atoms with Crippen LogP contribution in [0.5, 0.6) is 0 Å². The van der Waals surface area contributed by atoms with E-state index in [1.165, 1.54) is 17.3 Å². The quantitative estimate of drug-likeness (QED) is 0.591. The smallest absolute Gasteiger partial charge is 0.256 e. The summed E-state index contributed by atoms with van der Waals surface area (Å²) in [5.74, 6) is 0.0250. The molecule has 3 nitrogen and oxygen atoms in total. The Bertz CT molecular complexity index is 998.